The number of hydrogen-bond acceptors (Lipinski definition) is 4. The highest BCUT2D eigenvalue weighted by atomic mass is 16.7. The SMILES string of the molecule is CC1(C)OB(C=CNC(=O)OCc2ccccc2)OC1(C)C. The number of amides is 1. The van der Waals surface area contributed by atoms with E-state index in [0.717, 1.165) is 5.56 Å². The van der Waals surface area contributed by atoms with Crippen molar-refractivity contribution in [3.05, 3.63) is 48.1 Å². The topological polar surface area (TPSA) is 56.8 Å². The third kappa shape index (κ3) is 4.12. The van der Waals surface area contributed by atoms with Gasteiger partial charge in [0, 0.05) is 0 Å². The van der Waals surface area contributed by atoms with Gasteiger partial charge in [0.2, 0.25) is 0 Å². The van der Waals surface area contributed by atoms with Crippen LogP contribution in [0.5, 0.6) is 0 Å². The number of carbonyl (C=O) groups excluding carboxylic acids is 1. The lowest BCUT2D eigenvalue weighted by Crippen LogP contribution is -2.41. The number of nitrogens with one attached hydrogen (secondary N) is 1. The molecule has 0 radical (unpaired) electrons. The van der Waals surface area contributed by atoms with Crippen molar-refractivity contribution in [3.63, 3.8) is 0 Å². The highest BCUT2D eigenvalue weighted by Crippen LogP contribution is 2.36. The van der Waals surface area contributed by atoms with Crippen LogP contribution in [0.15, 0.2) is 42.5 Å². The van der Waals surface area contributed by atoms with E-state index >= 15 is 0 Å². The first-order valence-electron chi connectivity index (χ1n) is 7.30. The minimum absolute atomic E-state index is 0.233. The van der Waals surface area contributed by atoms with E-state index in [1.807, 2.05) is 58.0 Å². The van der Waals surface area contributed by atoms with E-state index < -0.39 is 24.4 Å². The largest absolute Gasteiger partial charge is 0.488 e. The van der Waals surface area contributed by atoms with E-state index in [4.69, 9.17) is 14.0 Å². The van der Waals surface area contributed by atoms with Gasteiger partial charge >= 0.3 is 13.2 Å². The second kappa shape index (κ2) is 6.54. The fraction of sp³-hybridized carbons (Fsp3) is 0.438. The maximum absolute atomic E-state index is 11.6. The van der Waals surface area contributed by atoms with Crippen LogP contribution in [0.2, 0.25) is 0 Å². The van der Waals surface area contributed by atoms with Gasteiger partial charge in [0.1, 0.15) is 6.61 Å². The lowest BCUT2D eigenvalue weighted by atomic mass is 9.90. The summed E-state index contributed by atoms with van der Waals surface area (Å²) in [5.41, 5.74) is 0.152. The summed E-state index contributed by atoms with van der Waals surface area (Å²) in [4.78, 5) is 11.6. The Kier molecular flexibility index (Phi) is 4.93. The first kappa shape index (κ1) is 16.6. The number of carbonyl (C=O) groups is 1. The first-order chi connectivity index (χ1) is 10.3. The van der Waals surface area contributed by atoms with Crippen LogP contribution in [0.4, 0.5) is 4.79 Å². The molecule has 118 valence electrons. The van der Waals surface area contributed by atoms with Crippen molar-refractivity contribution >= 4 is 13.2 Å². The Morgan fingerprint density at radius 1 is 1.18 bits per heavy atom. The average Bonchev–Trinajstić information content (AvgIpc) is 2.65. The van der Waals surface area contributed by atoms with Gasteiger partial charge in [0.25, 0.3) is 0 Å². The summed E-state index contributed by atoms with van der Waals surface area (Å²) in [5, 5.41) is 2.53. The quantitative estimate of drug-likeness (QED) is 0.869. The molecule has 0 spiro atoms. The maximum Gasteiger partial charge on any atom is 0.488 e. The monoisotopic (exact) mass is 303 g/mol. The summed E-state index contributed by atoms with van der Waals surface area (Å²) in [5.74, 6) is 1.65. The van der Waals surface area contributed by atoms with Crippen molar-refractivity contribution in [2.75, 3.05) is 0 Å². The van der Waals surface area contributed by atoms with E-state index in [2.05, 4.69) is 5.32 Å². The molecule has 1 heterocycles. The van der Waals surface area contributed by atoms with Crippen molar-refractivity contribution in [3.8, 4) is 0 Å². The van der Waals surface area contributed by atoms with Gasteiger partial charge in [-0.3, -0.25) is 5.32 Å². The van der Waals surface area contributed by atoms with Gasteiger partial charge in [-0.05, 0) is 45.4 Å². The second-order valence-electron chi connectivity index (χ2n) is 6.19. The Morgan fingerprint density at radius 2 is 1.77 bits per heavy atom. The zero-order chi connectivity index (χ0) is 16.2. The molecule has 0 unspecified atom stereocenters. The molecule has 1 N–H and O–H groups in total. The van der Waals surface area contributed by atoms with Gasteiger partial charge in [-0.2, -0.15) is 0 Å². The molecule has 1 saturated heterocycles. The maximum atomic E-state index is 11.6. The van der Waals surface area contributed by atoms with E-state index in [-0.39, 0.29) is 6.61 Å². The molecule has 0 bridgehead atoms. The fourth-order valence-electron chi connectivity index (χ4n) is 1.93. The smallest absolute Gasteiger partial charge is 0.444 e. The number of ether oxygens (including phenoxy) is 1. The van der Waals surface area contributed by atoms with Crippen LogP contribution in [0.1, 0.15) is 33.3 Å². The molecule has 1 aromatic carbocycles. The van der Waals surface area contributed by atoms with Gasteiger partial charge in [-0.1, -0.05) is 30.3 Å². The van der Waals surface area contributed by atoms with Gasteiger partial charge < -0.3 is 14.0 Å². The zero-order valence-electron chi connectivity index (χ0n) is 13.5. The third-order valence-electron chi connectivity index (χ3n) is 3.94. The molecular formula is C16H22BNO4. The highest BCUT2D eigenvalue weighted by Gasteiger charge is 2.50. The van der Waals surface area contributed by atoms with Crippen molar-refractivity contribution in [2.24, 2.45) is 0 Å². The molecule has 1 fully saturated rings. The third-order valence-corrected chi connectivity index (χ3v) is 3.94. The minimum atomic E-state index is -0.517. The molecule has 0 aliphatic carbocycles. The zero-order valence-corrected chi connectivity index (χ0v) is 13.5. The summed E-state index contributed by atoms with van der Waals surface area (Å²) >= 11 is 0. The Bertz CT molecular complexity index is 526. The molecule has 1 aliphatic heterocycles. The predicted molar refractivity (Wildman–Crippen MR) is 85.0 cm³/mol. The van der Waals surface area contributed by atoms with Crippen LogP contribution in [0.25, 0.3) is 0 Å². The summed E-state index contributed by atoms with van der Waals surface area (Å²) in [6.07, 6.45) is 0.965. The van der Waals surface area contributed by atoms with Crippen molar-refractivity contribution in [2.45, 2.75) is 45.5 Å². The molecule has 2 rings (SSSR count). The fourth-order valence-corrected chi connectivity index (χ4v) is 1.93. The normalized spacial score (nSPS) is 19.4. The van der Waals surface area contributed by atoms with Crippen molar-refractivity contribution in [1.29, 1.82) is 0 Å². The molecular weight excluding hydrogens is 281 g/mol. The molecule has 1 aliphatic rings. The Morgan fingerprint density at radius 3 is 2.36 bits per heavy atom. The molecule has 0 atom stereocenters. The van der Waals surface area contributed by atoms with E-state index in [1.54, 1.807) is 5.98 Å². The number of benzene rings is 1. The van der Waals surface area contributed by atoms with Gasteiger partial charge in [-0.15, -0.1) is 0 Å². The summed E-state index contributed by atoms with van der Waals surface area (Å²) < 4.78 is 16.6. The summed E-state index contributed by atoms with van der Waals surface area (Å²) in [6.45, 7) is 8.13. The average molecular weight is 303 g/mol. The Hall–Kier alpha value is -1.79. The van der Waals surface area contributed by atoms with Crippen LogP contribution < -0.4 is 5.32 Å². The van der Waals surface area contributed by atoms with Crippen molar-refractivity contribution in [1.82, 2.24) is 5.32 Å². The lowest BCUT2D eigenvalue weighted by Gasteiger charge is -2.32. The van der Waals surface area contributed by atoms with Gasteiger partial charge in [-0.25, -0.2) is 4.79 Å². The number of alkyl carbamates (subject to hydrolysis) is 1. The Labute approximate surface area is 131 Å². The summed E-state index contributed by atoms with van der Waals surface area (Å²) in [7, 11) is -0.487. The molecule has 0 aromatic heterocycles. The minimum Gasteiger partial charge on any atom is -0.444 e. The van der Waals surface area contributed by atoms with E-state index in [9.17, 15) is 4.79 Å². The van der Waals surface area contributed by atoms with Crippen LogP contribution in [-0.2, 0) is 20.7 Å². The van der Waals surface area contributed by atoms with Gasteiger partial charge in [0.05, 0.1) is 11.2 Å². The van der Waals surface area contributed by atoms with Gasteiger partial charge in [0.15, 0.2) is 0 Å². The standard InChI is InChI=1S/C16H22BNO4/c1-15(2)16(3,4)22-17(21-15)10-11-18-14(19)20-12-13-8-6-5-7-9-13/h5-11H,12H2,1-4H3,(H,18,19). The molecule has 5 nitrogen and oxygen atoms in total. The van der Waals surface area contributed by atoms with Crippen LogP contribution in [0, 0.1) is 0 Å². The van der Waals surface area contributed by atoms with E-state index in [1.165, 1.54) is 6.20 Å². The van der Waals surface area contributed by atoms with Crippen LogP contribution in [0.3, 0.4) is 0 Å². The van der Waals surface area contributed by atoms with Crippen molar-refractivity contribution < 1.29 is 18.8 Å². The second-order valence-corrected chi connectivity index (χ2v) is 6.19. The number of hydrogen-bond donors (Lipinski definition) is 1. The van der Waals surface area contributed by atoms with Crippen LogP contribution >= 0.6 is 0 Å². The lowest BCUT2D eigenvalue weighted by molar-refractivity contribution is 0.00578. The Balaban J connectivity index is 1.75. The van der Waals surface area contributed by atoms with Crippen LogP contribution in [-0.4, -0.2) is 24.4 Å². The molecule has 1 aromatic rings. The molecule has 0 saturated carbocycles. The molecule has 1 amide bonds. The predicted octanol–water partition coefficient (Wildman–Crippen LogP) is 3.06. The molecule has 22 heavy (non-hydrogen) atoms. The molecule has 6 heteroatoms. The van der Waals surface area contributed by atoms with E-state index in [0.29, 0.717) is 0 Å². The summed E-state index contributed by atoms with van der Waals surface area (Å²) in [6, 6.07) is 9.50. The highest BCUT2D eigenvalue weighted by molar-refractivity contribution is 6.51. The first-order valence-corrected chi connectivity index (χ1v) is 7.30. The number of rotatable bonds is 4.